The summed E-state index contributed by atoms with van der Waals surface area (Å²) in [6.07, 6.45) is -2.98. The second-order valence-electron chi connectivity index (χ2n) is 5.01. The molecule has 2 atom stereocenters. The minimum atomic E-state index is -7.61. The summed E-state index contributed by atoms with van der Waals surface area (Å²) >= 11 is 0. The molecule has 1 rings (SSSR count). The number of hydrogen-bond donors (Lipinski definition) is 2. The first-order valence-corrected chi connectivity index (χ1v) is 8.46. The third kappa shape index (κ3) is 6.19. The molecular formula is C13H14F7O4P. The first kappa shape index (κ1) is 21.8. The number of ether oxygens (including phenoxy) is 1. The summed E-state index contributed by atoms with van der Waals surface area (Å²) in [6, 6.07) is 0. The molecule has 0 amide bonds. The van der Waals surface area contributed by atoms with Gasteiger partial charge in [-0.15, -0.1) is 0 Å². The van der Waals surface area contributed by atoms with Gasteiger partial charge in [0.25, 0.3) is 0 Å². The van der Waals surface area contributed by atoms with E-state index in [4.69, 9.17) is 14.5 Å². The fourth-order valence-corrected chi connectivity index (χ4v) is 2.38. The van der Waals surface area contributed by atoms with E-state index in [1.54, 1.807) is 0 Å². The second-order valence-corrected chi connectivity index (χ2v) is 6.74. The Labute approximate surface area is 137 Å². The molecule has 0 spiro atoms. The van der Waals surface area contributed by atoms with E-state index in [-0.39, 0.29) is 0 Å². The van der Waals surface area contributed by atoms with Crippen LogP contribution in [0, 0.1) is 29.1 Å². The summed E-state index contributed by atoms with van der Waals surface area (Å²) in [5.74, 6) is -11.5. The van der Waals surface area contributed by atoms with Crippen molar-refractivity contribution in [2.45, 2.75) is 25.6 Å². The van der Waals surface area contributed by atoms with Crippen LogP contribution in [0.1, 0.15) is 12.5 Å². The van der Waals surface area contributed by atoms with Gasteiger partial charge in [-0.2, -0.15) is 0 Å². The molecule has 0 bridgehead atoms. The standard InChI is InChI=1S/C13H14F7O4P/c1-3-6(2)23-5-7(24-25(19,20,21)22)4-8-9(14)11(16)13(18)12(17)10(8)15/h3,6-7,21-22H,1,4-5H2,2H3. The van der Waals surface area contributed by atoms with Crippen molar-refractivity contribution < 1.29 is 49.4 Å². The molecule has 0 saturated carbocycles. The number of hydrogen-bond acceptors (Lipinski definition) is 4. The van der Waals surface area contributed by atoms with E-state index < -0.39 is 67.8 Å². The molecule has 1 aromatic carbocycles. The summed E-state index contributed by atoms with van der Waals surface area (Å²) < 4.78 is 101. The van der Waals surface area contributed by atoms with Gasteiger partial charge in [-0.3, -0.25) is 0 Å². The number of halogens is 7. The zero-order chi connectivity index (χ0) is 19.6. The van der Waals surface area contributed by atoms with Crippen molar-refractivity contribution in [2.24, 2.45) is 0 Å². The van der Waals surface area contributed by atoms with Crippen LogP contribution < -0.4 is 0 Å². The molecule has 144 valence electrons. The van der Waals surface area contributed by atoms with Crippen molar-refractivity contribution in [1.29, 1.82) is 0 Å². The Morgan fingerprint density at radius 2 is 1.44 bits per heavy atom. The van der Waals surface area contributed by atoms with Crippen LogP contribution in [0.2, 0.25) is 0 Å². The van der Waals surface area contributed by atoms with Crippen molar-refractivity contribution in [1.82, 2.24) is 0 Å². The third-order valence-electron chi connectivity index (χ3n) is 2.93. The minimum absolute atomic E-state index is 0.759. The van der Waals surface area contributed by atoms with Crippen LogP contribution in [0.25, 0.3) is 0 Å². The molecule has 2 unspecified atom stereocenters. The van der Waals surface area contributed by atoms with Gasteiger partial charge >= 0.3 is 137 Å². The van der Waals surface area contributed by atoms with Crippen LogP contribution in [-0.4, -0.2) is 28.6 Å². The van der Waals surface area contributed by atoms with Gasteiger partial charge in [-0.05, 0) is 0 Å². The molecule has 0 saturated heterocycles. The zero-order valence-corrected chi connectivity index (χ0v) is 13.6. The van der Waals surface area contributed by atoms with Crippen molar-refractivity contribution in [3.05, 3.63) is 47.3 Å². The summed E-state index contributed by atoms with van der Waals surface area (Å²) in [5.41, 5.74) is -1.46. The first-order chi connectivity index (χ1) is 11.2. The third-order valence-corrected chi connectivity index (χ3v) is 3.58. The Balaban J connectivity index is 3.19. The molecule has 12 heteroatoms. The van der Waals surface area contributed by atoms with E-state index in [1.165, 1.54) is 13.0 Å². The first-order valence-electron chi connectivity index (χ1n) is 6.61. The van der Waals surface area contributed by atoms with E-state index in [1.807, 2.05) is 0 Å². The van der Waals surface area contributed by atoms with E-state index in [0.717, 1.165) is 0 Å². The molecule has 0 heterocycles. The van der Waals surface area contributed by atoms with Crippen LogP contribution in [0.15, 0.2) is 12.7 Å². The Kier molecular flexibility index (Phi) is 6.57. The van der Waals surface area contributed by atoms with Crippen molar-refractivity contribution in [3.63, 3.8) is 0 Å². The SMILES string of the molecule is C=CC(C)OCC(Cc1c(F)c(F)c(F)c(F)c1F)OP(O)(O)(F)F. The molecular weight excluding hydrogens is 384 g/mol. The maximum atomic E-state index is 13.6. The van der Waals surface area contributed by atoms with Crippen LogP contribution >= 0.6 is 7.91 Å². The molecule has 25 heavy (non-hydrogen) atoms. The van der Waals surface area contributed by atoms with Crippen LogP contribution in [0.3, 0.4) is 0 Å². The van der Waals surface area contributed by atoms with Gasteiger partial charge < -0.3 is 0 Å². The van der Waals surface area contributed by atoms with E-state index in [0.29, 0.717) is 0 Å². The molecule has 1 aromatic rings. The molecule has 4 nitrogen and oxygen atoms in total. The van der Waals surface area contributed by atoms with Gasteiger partial charge in [0.2, 0.25) is 0 Å². The molecule has 0 fully saturated rings. The van der Waals surface area contributed by atoms with Gasteiger partial charge in [0, 0.05) is 0 Å². The van der Waals surface area contributed by atoms with E-state index in [9.17, 15) is 30.3 Å². The Hall–Kier alpha value is -1.26. The average Bonchev–Trinajstić information content (AvgIpc) is 2.50. The number of benzene rings is 1. The average molecular weight is 398 g/mol. The predicted molar refractivity (Wildman–Crippen MR) is 74.0 cm³/mol. The Bertz CT molecular complexity index is 624. The molecule has 0 aromatic heterocycles. The Morgan fingerprint density at radius 1 is 1.00 bits per heavy atom. The molecule has 0 aliphatic carbocycles. The van der Waals surface area contributed by atoms with Crippen molar-refractivity contribution >= 4 is 7.91 Å². The summed E-state index contributed by atoms with van der Waals surface area (Å²) in [4.78, 5) is 17.0. The Morgan fingerprint density at radius 3 is 1.84 bits per heavy atom. The van der Waals surface area contributed by atoms with Crippen molar-refractivity contribution in [2.75, 3.05) is 6.61 Å². The van der Waals surface area contributed by atoms with Crippen LogP contribution in [0.4, 0.5) is 30.3 Å². The van der Waals surface area contributed by atoms with Crippen LogP contribution in [-0.2, 0) is 15.7 Å². The molecule has 0 aliphatic rings. The molecule has 0 radical (unpaired) electrons. The second kappa shape index (κ2) is 7.55. The van der Waals surface area contributed by atoms with Gasteiger partial charge in [-0.1, -0.05) is 0 Å². The monoisotopic (exact) mass is 398 g/mol. The van der Waals surface area contributed by atoms with E-state index in [2.05, 4.69) is 11.1 Å². The van der Waals surface area contributed by atoms with Gasteiger partial charge in [0.15, 0.2) is 0 Å². The maximum absolute atomic E-state index is 13.6. The normalized spacial score (nSPS) is 16.2. The van der Waals surface area contributed by atoms with Crippen molar-refractivity contribution in [3.8, 4) is 0 Å². The van der Waals surface area contributed by atoms with Crippen LogP contribution in [0.5, 0.6) is 0 Å². The number of rotatable bonds is 8. The summed E-state index contributed by atoms with van der Waals surface area (Å²) in [6.45, 7) is 3.82. The predicted octanol–water partition coefficient (Wildman–Crippen LogP) is 3.95. The topological polar surface area (TPSA) is 58.9 Å². The summed E-state index contributed by atoms with van der Waals surface area (Å²) in [7, 11) is -7.61. The fourth-order valence-electron chi connectivity index (χ4n) is 1.76. The van der Waals surface area contributed by atoms with Gasteiger partial charge in [-0.25, -0.2) is 0 Å². The van der Waals surface area contributed by atoms with Gasteiger partial charge in [0.1, 0.15) is 0 Å². The molecule has 2 N–H and O–H groups in total. The fraction of sp³-hybridized carbons (Fsp3) is 0.385. The quantitative estimate of drug-likeness (QED) is 0.229. The zero-order valence-electron chi connectivity index (χ0n) is 12.7. The summed E-state index contributed by atoms with van der Waals surface area (Å²) in [5, 5.41) is 0. The van der Waals surface area contributed by atoms with Gasteiger partial charge in [0.05, 0.1) is 0 Å². The van der Waals surface area contributed by atoms with E-state index >= 15 is 0 Å². The molecule has 0 aliphatic heterocycles.